The number of nitrogens with one attached hydrogen (secondary N) is 1. The quantitative estimate of drug-likeness (QED) is 0.711. The third-order valence-electron chi connectivity index (χ3n) is 3.47. The summed E-state index contributed by atoms with van der Waals surface area (Å²) in [5.41, 5.74) is 5.49. The summed E-state index contributed by atoms with van der Waals surface area (Å²) in [4.78, 5) is 0. The van der Waals surface area contributed by atoms with E-state index >= 15 is 0 Å². The molecule has 1 aliphatic rings. The van der Waals surface area contributed by atoms with Gasteiger partial charge in [0.1, 0.15) is 0 Å². The predicted octanol–water partition coefficient (Wildman–Crippen LogP) is 1.22. The Morgan fingerprint density at radius 3 is 2.50 bits per heavy atom. The minimum Gasteiger partial charge on any atom is -0.330 e. The maximum Gasteiger partial charge on any atom is 0.214 e. The fraction of sp³-hybridized carbons (Fsp3) is 1.00. The van der Waals surface area contributed by atoms with Gasteiger partial charge in [0.15, 0.2) is 0 Å². The average Bonchev–Trinajstić information content (AvgIpc) is 2.78. The minimum atomic E-state index is -3.07. The second-order valence-corrected chi connectivity index (χ2v) is 6.70. The summed E-state index contributed by atoms with van der Waals surface area (Å²) in [7, 11) is -3.07. The van der Waals surface area contributed by atoms with E-state index in [9.17, 15) is 8.42 Å². The lowest BCUT2D eigenvalue weighted by Gasteiger charge is -2.17. The van der Waals surface area contributed by atoms with Crippen LogP contribution < -0.4 is 10.5 Å². The first-order chi connectivity index (χ1) is 7.60. The Morgan fingerprint density at radius 1 is 1.38 bits per heavy atom. The molecule has 16 heavy (non-hydrogen) atoms. The van der Waals surface area contributed by atoms with Crippen LogP contribution in [0, 0.1) is 5.92 Å². The molecule has 0 radical (unpaired) electrons. The van der Waals surface area contributed by atoms with Crippen molar-refractivity contribution in [2.45, 2.75) is 50.7 Å². The van der Waals surface area contributed by atoms with Gasteiger partial charge in [-0.1, -0.05) is 26.2 Å². The third-order valence-corrected chi connectivity index (χ3v) is 5.38. The smallest absolute Gasteiger partial charge is 0.214 e. The summed E-state index contributed by atoms with van der Waals surface area (Å²) in [5.74, 6) is 0.376. The van der Waals surface area contributed by atoms with Crippen molar-refractivity contribution < 1.29 is 8.42 Å². The van der Waals surface area contributed by atoms with Crippen LogP contribution in [0.5, 0.6) is 0 Å². The van der Waals surface area contributed by atoms with Crippen LogP contribution in [0.2, 0.25) is 0 Å². The van der Waals surface area contributed by atoms with E-state index in [0.717, 1.165) is 38.5 Å². The van der Waals surface area contributed by atoms with Crippen molar-refractivity contribution in [2.24, 2.45) is 11.7 Å². The Balaban J connectivity index is 2.40. The van der Waals surface area contributed by atoms with Crippen LogP contribution in [-0.4, -0.2) is 26.8 Å². The largest absolute Gasteiger partial charge is 0.330 e. The molecule has 0 aromatic heterocycles. The Hall–Kier alpha value is -0.130. The molecular formula is C11H24N2O2S. The second kappa shape index (κ2) is 6.57. The SMILES string of the molecule is CCC(CCN)CNS(=O)(=O)C1CCCC1. The highest BCUT2D eigenvalue weighted by Crippen LogP contribution is 2.24. The highest BCUT2D eigenvalue weighted by atomic mass is 32.2. The molecule has 0 aromatic carbocycles. The van der Waals surface area contributed by atoms with Crippen molar-refractivity contribution in [2.75, 3.05) is 13.1 Å². The number of nitrogens with two attached hydrogens (primary N) is 1. The Labute approximate surface area is 99.0 Å². The van der Waals surface area contributed by atoms with E-state index < -0.39 is 10.0 Å². The fourth-order valence-electron chi connectivity index (χ4n) is 2.24. The molecule has 1 unspecified atom stereocenters. The molecule has 0 bridgehead atoms. The number of hydrogen-bond donors (Lipinski definition) is 2. The molecule has 1 fully saturated rings. The van der Waals surface area contributed by atoms with Gasteiger partial charge in [-0.25, -0.2) is 13.1 Å². The first-order valence-corrected chi connectivity index (χ1v) is 7.83. The molecule has 1 rings (SSSR count). The second-order valence-electron chi connectivity index (χ2n) is 4.65. The molecule has 0 heterocycles. The highest BCUT2D eigenvalue weighted by Gasteiger charge is 2.28. The van der Waals surface area contributed by atoms with Gasteiger partial charge in [-0.15, -0.1) is 0 Å². The van der Waals surface area contributed by atoms with Gasteiger partial charge >= 0.3 is 0 Å². The van der Waals surface area contributed by atoms with E-state index in [1.165, 1.54) is 0 Å². The first-order valence-electron chi connectivity index (χ1n) is 6.28. The van der Waals surface area contributed by atoms with Gasteiger partial charge in [-0.05, 0) is 31.7 Å². The molecule has 0 spiro atoms. The van der Waals surface area contributed by atoms with E-state index in [4.69, 9.17) is 5.73 Å². The van der Waals surface area contributed by atoms with Gasteiger partial charge in [-0.2, -0.15) is 0 Å². The zero-order valence-electron chi connectivity index (χ0n) is 10.1. The van der Waals surface area contributed by atoms with Crippen LogP contribution in [-0.2, 0) is 10.0 Å². The molecule has 0 amide bonds. The maximum absolute atomic E-state index is 11.9. The third kappa shape index (κ3) is 4.03. The van der Waals surface area contributed by atoms with Crippen LogP contribution in [0.4, 0.5) is 0 Å². The highest BCUT2D eigenvalue weighted by molar-refractivity contribution is 7.90. The van der Waals surface area contributed by atoms with E-state index in [0.29, 0.717) is 19.0 Å². The standard InChI is InChI=1S/C11H24N2O2S/c1-2-10(7-8-12)9-13-16(14,15)11-5-3-4-6-11/h10-11,13H,2-9,12H2,1H3. The van der Waals surface area contributed by atoms with Crippen LogP contribution in [0.25, 0.3) is 0 Å². The van der Waals surface area contributed by atoms with Gasteiger partial charge in [0.25, 0.3) is 0 Å². The number of hydrogen-bond acceptors (Lipinski definition) is 3. The summed E-state index contributed by atoms with van der Waals surface area (Å²) >= 11 is 0. The van der Waals surface area contributed by atoms with Crippen LogP contribution in [0.1, 0.15) is 45.4 Å². The Kier molecular flexibility index (Phi) is 5.72. The molecule has 4 nitrogen and oxygen atoms in total. The van der Waals surface area contributed by atoms with Crippen molar-refractivity contribution in [3.05, 3.63) is 0 Å². The zero-order valence-corrected chi connectivity index (χ0v) is 10.9. The minimum absolute atomic E-state index is 0.150. The molecule has 3 N–H and O–H groups in total. The molecule has 1 atom stereocenters. The first kappa shape index (κ1) is 13.9. The number of rotatable bonds is 7. The van der Waals surface area contributed by atoms with Gasteiger partial charge in [-0.3, -0.25) is 0 Å². The van der Waals surface area contributed by atoms with Crippen molar-refractivity contribution in [3.63, 3.8) is 0 Å². The van der Waals surface area contributed by atoms with Gasteiger partial charge in [0.2, 0.25) is 10.0 Å². The molecule has 0 aromatic rings. The Morgan fingerprint density at radius 2 is 2.00 bits per heavy atom. The molecule has 5 heteroatoms. The zero-order chi connectivity index (χ0) is 12.0. The van der Waals surface area contributed by atoms with Gasteiger partial charge in [0, 0.05) is 6.54 Å². The molecular weight excluding hydrogens is 224 g/mol. The molecule has 1 saturated carbocycles. The van der Waals surface area contributed by atoms with Crippen molar-refractivity contribution in [3.8, 4) is 0 Å². The van der Waals surface area contributed by atoms with E-state index in [1.807, 2.05) is 0 Å². The average molecular weight is 248 g/mol. The van der Waals surface area contributed by atoms with Crippen LogP contribution >= 0.6 is 0 Å². The monoisotopic (exact) mass is 248 g/mol. The lowest BCUT2D eigenvalue weighted by Crippen LogP contribution is -2.36. The molecule has 96 valence electrons. The van der Waals surface area contributed by atoms with Gasteiger partial charge in [0.05, 0.1) is 5.25 Å². The summed E-state index contributed by atoms with van der Waals surface area (Å²) in [6.07, 6.45) is 5.61. The Bertz CT molecular complexity index is 284. The molecule has 0 saturated heterocycles. The maximum atomic E-state index is 11.9. The van der Waals surface area contributed by atoms with Crippen LogP contribution in [0.3, 0.4) is 0 Å². The van der Waals surface area contributed by atoms with Gasteiger partial charge < -0.3 is 5.73 Å². The van der Waals surface area contributed by atoms with Crippen molar-refractivity contribution in [1.29, 1.82) is 0 Å². The van der Waals surface area contributed by atoms with Crippen molar-refractivity contribution in [1.82, 2.24) is 4.72 Å². The van der Waals surface area contributed by atoms with E-state index in [-0.39, 0.29) is 5.25 Å². The normalized spacial score (nSPS) is 20.1. The van der Waals surface area contributed by atoms with Crippen LogP contribution in [0.15, 0.2) is 0 Å². The lowest BCUT2D eigenvalue weighted by atomic mass is 10.0. The molecule has 1 aliphatic carbocycles. The summed E-state index contributed by atoms with van der Waals surface area (Å²) < 4.78 is 26.6. The predicted molar refractivity (Wildman–Crippen MR) is 66.6 cm³/mol. The lowest BCUT2D eigenvalue weighted by molar-refractivity contribution is 0.463. The summed E-state index contributed by atoms with van der Waals surface area (Å²) in [6.45, 7) is 3.25. The summed E-state index contributed by atoms with van der Waals surface area (Å²) in [5, 5.41) is -0.150. The van der Waals surface area contributed by atoms with Crippen molar-refractivity contribution >= 4 is 10.0 Å². The number of sulfonamides is 1. The molecule has 0 aliphatic heterocycles. The topological polar surface area (TPSA) is 72.2 Å². The van der Waals surface area contributed by atoms with E-state index in [1.54, 1.807) is 0 Å². The summed E-state index contributed by atoms with van der Waals surface area (Å²) in [6, 6.07) is 0. The van der Waals surface area contributed by atoms with E-state index in [2.05, 4.69) is 11.6 Å². The fourth-order valence-corrected chi connectivity index (χ4v) is 3.89.